The molecule has 0 atom stereocenters. The Morgan fingerprint density at radius 3 is 2.52 bits per heavy atom. The summed E-state index contributed by atoms with van der Waals surface area (Å²) in [4.78, 5) is 12.0. The molecular formula is C17H19ClN2O3. The second-order valence-corrected chi connectivity index (χ2v) is 5.38. The van der Waals surface area contributed by atoms with Crippen molar-refractivity contribution in [3.8, 4) is 11.5 Å². The Hall–Kier alpha value is -2.40. The first-order valence-electron chi connectivity index (χ1n) is 7.09. The molecule has 0 aliphatic carbocycles. The lowest BCUT2D eigenvalue weighted by Gasteiger charge is -2.10. The van der Waals surface area contributed by atoms with Gasteiger partial charge in [0.15, 0.2) is 11.5 Å². The van der Waals surface area contributed by atoms with Crippen LogP contribution in [0, 0.1) is 0 Å². The van der Waals surface area contributed by atoms with Crippen molar-refractivity contribution in [1.82, 2.24) is 0 Å². The van der Waals surface area contributed by atoms with E-state index in [1.807, 2.05) is 18.2 Å². The van der Waals surface area contributed by atoms with Crippen LogP contribution in [0.25, 0.3) is 0 Å². The zero-order valence-electron chi connectivity index (χ0n) is 13.1. The first-order valence-corrected chi connectivity index (χ1v) is 7.47. The molecule has 0 heterocycles. The van der Waals surface area contributed by atoms with Crippen LogP contribution in [0.15, 0.2) is 36.4 Å². The quantitative estimate of drug-likeness (QED) is 0.793. The molecule has 0 aliphatic heterocycles. The van der Waals surface area contributed by atoms with Crippen LogP contribution in [0.5, 0.6) is 11.5 Å². The molecule has 0 unspecified atom stereocenters. The summed E-state index contributed by atoms with van der Waals surface area (Å²) in [6.45, 7) is 0. The van der Waals surface area contributed by atoms with Crippen molar-refractivity contribution in [2.75, 3.05) is 25.3 Å². The first kappa shape index (κ1) is 17.0. The van der Waals surface area contributed by atoms with Crippen LogP contribution in [0.1, 0.15) is 12.0 Å². The van der Waals surface area contributed by atoms with Crippen LogP contribution in [-0.4, -0.2) is 20.1 Å². The number of hydrogen-bond acceptors (Lipinski definition) is 4. The smallest absolute Gasteiger partial charge is 0.224 e. The van der Waals surface area contributed by atoms with Gasteiger partial charge in [0.05, 0.1) is 24.9 Å². The highest BCUT2D eigenvalue weighted by Crippen LogP contribution is 2.28. The zero-order chi connectivity index (χ0) is 16.8. The standard InChI is InChI=1S/C17H19ClN2O3/c1-22-15-7-3-11(9-16(15)23-2)4-8-17(21)20-14-6-5-12(19)10-13(14)18/h3,5-7,9-10H,4,8,19H2,1-2H3,(H,20,21). The van der Waals surface area contributed by atoms with Crippen molar-refractivity contribution in [1.29, 1.82) is 0 Å². The third-order valence-electron chi connectivity index (χ3n) is 3.36. The molecule has 0 fully saturated rings. The molecule has 5 nitrogen and oxygen atoms in total. The molecule has 2 rings (SSSR count). The van der Waals surface area contributed by atoms with E-state index in [1.165, 1.54) is 0 Å². The van der Waals surface area contributed by atoms with Crippen molar-refractivity contribution in [2.45, 2.75) is 12.8 Å². The Bertz CT molecular complexity index is 704. The SMILES string of the molecule is COc1ccc(CCC(=O)Nc2ccc(N)cc2Cl)cc1OC. The lowest BCUT2D eigenvalue weighted by Crippen LogP contribution is -2.12. The van der Waals surface area contributed by atoms with Gasteiger partial charge in [0, 0.05) is 12.1 Å². The number of ether oxygens (including phenoxy) is 2. The maximum Gasteiger partial charge on any atom is 0.224 e. The molecule has 0 aliphatic rings. The molecule has 0 radical (unpaired) electrons. The number of carbonyl (C=O) groups is 1. The van der Waals surface area contributed by atoms with E-state index in [-0.39, 0.29) is 5.91 Å². The zero-order valence-corrected chi connectivity index (χ0v) is 13.8. The summed E-state index contributed by atoms with van der Waals surface area (Å²) in [5, 5.41) is 3.20. The van der Waals surface area contributed by atoms with E-state index in [2.05, 4.69) is 5.32 Å². The monoisotopic (exact) mass is 334 g/mol. The number of rotatable bonds is 6. The molecule has 0 bridgehead atoms. The van der Waals surface area contributed by atoms with E-state index in [0.29, 0.717) is 40.7 Å². The van der Waals surface area contributed by atoms with Crippen LogP contribution < -0.4 is 20.5 Å². The van der Waals surface area contributed by atoms with E-state index < -0.39 is 0 Å². The fourth-order valence-electron chi connectivity index (χ4n) is 2.14. The van der Waals surface area contributed by atoms with Gasteiger partial charge < -0.3 is 20.5 Å². The van der Waals surface area contributed by atoms with Gasteiger partial charge in [0.1, 0.15) is 0 Å². The van der Waals surface area contributed by atoms with Crippen LogP contribution in [0.2, 0.25) is 5.02 Å². The van der Waals surface area contributed by atoms with E-state index in [0.717, 1.165) is 5.56 Å². The number of nitrogens with two attached hydrogens (primary N) is 1. The summed E-state index contributed by atoms with van der Waals surface area (Å²) in [6.07, 6.45) is 0.912. The molecule has 0 aromatic heterocycles. The van der Waals surface area contributed by atoms with E-state index in [4.69, 9.17) is 26.8 Å². The highest BCUT2D eigenvalue weighted by molar-refractivity contribution is 6.34. The fraction of sp³-hybridized carbons (Fsp3) is 0.235. The molecule has 0 saturated carbocycles. The van der Waals surface area contributed by atoms with Gasteiger partial charge in [0.25, 0.3) is 0 Å². The van der Waals surface area contributed by atoms with E-state index in [9.17, 15) is 4.79 Å². The second-order valence-electron chi connectivity index (χ2n) is 4.98. The molecule has 6 heteroatoms. The first-order chi connectivity index (χ1) is 11.0. The third kappa shape index (κ3) is 4.53. The molecule has 2 aromatic carbocycles. The number of hydrogen-bond donors (Lipinski definition) is 2. The minimum atomic E-state index is -0.119. The van der Waals surface area contributed by atoms with Gasteiger partial charge in [-0.25, -0.2) is 0 Å². The van der Waals surface area contributed by atoms with Crippen molar-refractivity contribution in [3.63, 3.8) is 0 Å². The fourth-order valence-corrected chi connectivity index (χ4v) is 2.38. The van der Waals surface area contributed by atoms with Crippen LogP contribution >= 0.6 is 11.6 Å². The van der Waals surface area contributed by atoms with Crippen molar-refractivity contribution in [3.05, 3.63) is 47.0 Å². The summed E-state index contributed by atoms with van der Waals surface area (Å²) in [5.41, 5.74) is 7.72. The summed E-state index contributed by atoms with van der Waals surface area (Å²) >= 11 is 6.04. The minimum Gasteiger partial charge on any atom is -0.493 e. The van der Waals surface area contributed by atoms with Crippen LogP contribution in [0.3, 0.4) is 0 Å². The maximum atomic E-state index is 12.0. The predicted molar refractivity (Wildman–Crippen MR) is 92.4 cm³/mol. The van der Waals surface area contributed by atoms with E-state index >= 15 is 0 Å². The Labute approximate surface area is 140 Å². The highest BCUT2D eigenvalue weighted by Gasteiger charge is 2.09. The topological polar surface area (TPSA) is 73.6 Å². The highest BCUT2D eigenvalue weighted by atomic mass is 35.5. The normalized spacial score (nSPS) is 10.2. The number of methoxy groups -OCH3 is 2. The molecule has 23 heavy (non-hydrogen) atoms. The number of amides is 1. The molecular weight excluding hydrogens is 316 g/mol. The lowest BCUT2D eigenvalue weighted by molar-refractivity contribution is -0.116. The van der Waals surface area contributed by atoms with Gasteiger partial charge in [-0.3, -0.25) is 4.79 Å². The van der Waals surface area contributed by atoms with Crippen LogP contribution in [0.4, 0.5) is 11.4 Å². The van der Waals surface area contributed by atoms with Crippen molar-refractivity contribution < 1.29 is 14.3 Å². The van der Waals surface area contributed by atoms with Crippen molar-refractivity contribution in [2.24, 2.45) is 0 Å². The average molecular weight is 335 g/mol. The van der Waals surface area contributed by atoms with Gasteiger partial charge in [-0.2, -0.15) is 0 Å². The molecule has 1 amide bonds. The van der Waals surface area contributed by atoms with Gasteiger partial charge in [-0.15, -0.1) is 0 Å². The number of halogens is 1. The summed E-state index contributed by atoms with van der Waals surface area (Å²) in [7, 11) is 3.17. The molecule has 0 saturated heterocycles. The number of nitrogen functional groups attached to an aromatic ring is 1. The number of anilines is 2. The average Bonchev–Trinajstić information content (AvgIpc) is 2.55. The Balaban J connectivity index is 1.96. The van der Waals surface area contributed by atoms with Crippen LogP contribution in [-0.2, 0) is 11.2 Å². The third-order valence-corrected chi connectivity index (χ3v) is 3.67. The molecule has 0 spiro atoms. The number of nitrogens with one attached hydrogen (secondary N) is 1. The molecule has 122 valence electrons. The van der Waals surface area contributed by atoms with Gasteiger partial charge in [-0.05, 0) is 42.3 Å². The number of aryl methyl sites for hydroxylation is 1. The second kappa shape index (κ2) is 7.74. The number of carbonyl (C=O) groups excluding carboxylic acids is 1. The summed E-state index contributed by atoms with van der Waals surface area (Å²) in [6, 6.07) is 10.6. The molecule has 2 aromatic rings. The summed E-state index contributed by atoms with van der Waals surface area (Å²) < 4.78 is 10.4. The largest absolute Gasteiger partial charge is 0.493 e. The maximum absolute atomic E-state index is 12.0. The number of benzene rings is 2. The minimum absolute atomic E-state index is 0.119. The van der Waals surface area contributed by atoms with Gasteiger partial charge in [0.2, 0.25) is 5.91 Å². The van der Waals surface area contributed by atoms with Gasteiger partial charge >= 0.3 is 0 Å². The Kier molecular flexibility index (Phi) is 5.71. The Morgan fingerprint density at radius 1 is 1.13 bits per heavy atom. The summed E-state index contributed by atoms with van der Waals surface area (Å²) in [5.74, 6) is 1.19. The lowest BCUT2D eigenvalue weighted by atomic mass is 10.1. The van der Waals surface area contributed by atoms with E-state index in [1.54, 1.807) is 32.4 Å². The van der Waals surface area contributed by atoms with Gasteiger partial charge in [-0.1, -0.05) is 17.7 Å². The Morgan fingerprint density at radius 2 is 1.87 bits per heavy atom. The van der Waals surface area contributed by atoms with Crippen molar-refractivity contribution >= 4 is 28.9 Å². The molecule has 3 N–H and O–H groups in total. The predicted octanol–water partition coefficient (Wildman–Crippen LogP) is 3.51.